The number of carbonyl (C=O) groups excluding carboxylic acids is 1. The van der Waals surface area contributed by atoms with E-state index in [4.69, 9.17) is 15.6 Å². The minimum atomic E-state index is -1.12. The fourth-order valence-electron chi connectivity index (χ4n) is 1.14. The Hall–Kier alpha value is -2.94. The van der Waals surface area contributed by atoms with E-state index in [0.717, 1.165) is 15.8 Å². The molecule has 92 valence electrons. The summed E-state index contributed by atoms with van der Waals surface area (Å²) in [5.74, 6) is -1.76. The Morgan fingerprint density at radius 3 is 2.50 bits per heavy atom. The normalized spacial score (nSPS) is 9.22. The van der Waals surface area contributed by atoms with E-state index in [0.29, 0.717) is 0 Å². The van der Waals surface area contributed by atoms with Crippen LogP contribution in [0.5, 0.6) is 0 Å². The molecule has 0 bridgehead atoms. The van der Waals surface area contributed by atoms with Crippen molar-refractivity contribution in [3.63, 3.8) is 0 Å². The molecule has 18 heavy (non-hydrogen) atoms. The molecular formula is C9H8N6O3. The molecule has 1 N–H and O–H groups in total. The lowest BCUT2D eigenvalue weighted by Gasteiger charge is -2.13. The Morgan fingerprint density at radius 1 is 1.39 bits per heavy atom. The number of nitriles is 2. The number of carboxylic acids is 1. The molecule has 0 aromatic carbocycles. The summed E-state index contributed by atoms with van der Waals surface area (Å²) in [6, 6.07) is 3.49. The summed E-state index contributed by atoms with van der Waals surface area (Å²) in [6.07, 6.45) is 1.15. The van der Waals surface area contributed by atoms with E-state index >= 15 is 0 Å². The summed E-state index contributed by atoms with van der Waals surface area (Å²) in [7, 11) is 0. The van der Waals surface area contributed by atoms with Crippen LogP contribution in [0.3, 0.4) is 0 Å². The fourth-order valence-corrected chi connectivity index (χ4v) is 1.14. The minimum Gasteiger partial charge on any atom is -0.480 e. The van der Waals surface area contributed by atoms with E-state index in [9.17, 15) is 9.59 Å². The van der Waals surface area contributed by atoms with Crippen LogP contribution in [-0.2, 0) is 11.3 Å². The number of hydrogen-bond donors (Lipinski definition) is 1. The number of aromatic nitrogens is 3. The molecule has 0 aliphatic carbocycles. The van der Waals surface area contributed by atoms with Crippen molar-refractivity contribution in [1.82, 2.24) is 19.9 Å². The standard InChI is InChI=1S/C9H8N6O3/c10-1-3-14(4-2-11)9(18)7-5-15(13-12-7)6-8(16)17/h5H,3-4,6H2,(H,16,17). The highest BCUT2D eigenvalue weighted by atomic mass is 16.4. The molecule has 9 nitrogen and oxygen atoms in total. The quantitative estimate of drug-likeness (QED) is 0.649. The molecule has 1 rings (SSSR count). The maximum Gasteiger partial charge on any atom is 0.325 e. The third-order valence-electron chi connectivity index (χ3n) is 1.87. The van der Waals surface area contributed by atoms with Crippen LogP contribution >= 0.6 is 0 Å². The van der Waals surface area contributed by atoms with E-state index < -0.39 is 18.4 Å². The highest BCUT2D eigenvalue weighted by molar-refractivity contribution is 5.92. The van der Waals surface area contributed by atoms with Crippen molar-refractivity contribution in [2.75, 3.05) is 13.1 Å². The molecule has 0 aliphatic heterocycles. The van der Waals surface area contributed by atoms with E-state index in [1.165, 1.54) is 0 Å². The molecule has 1 amide bonds. The molecule has 0 unspecified atom stereocenters. The van der Waals surface area contributed by atoms with Gasteiger partial charge in [0.05, 0.1) is 18.3 Å². The Morgan fingerprint density at radius 2 is 2.00 bits per heavy atom. The van der Waals surface area contributed by atoms with E-state index in [1.54, 1.807) is 12.1 Å². The first-order valence-corrected chi connectivity index (χ1v) is 4.73. The molecule has 0 aliphatic rings. The van der Waals surface area contributed by atoms with Gasteiger partial charge in [-0.05, 0) is 0 Å². The van der Waals surface area contributed by atoms with Crippen molar-refractivity contribution in [2.24, 2.45) is 0 Å². The fraction of sp³-hybridized carbons (Fsp3) is 0.333. The van der Waals surface area contributed by atoms with Crippen molar-refractivity contribution in [3.05, 3.63) is 11.9 Å². The number of carboxylic acid groups (broad SMARTS) is 1. The maximum atomic E-state index is 11.8. The van der Waals surface area contributed by atoms with Gasteiger partial charge in [-0.25, -0.2) is 4.68 Å². The molecule has 0 saturated heterocycles. The van der Waals surface area contributed by atoms with Crippen LogP contribution in [0, 0.1) is 22.7 Å². The van der Waals surface area contributed by atoms with Crippen molar-refractivity contribution < 1.29 is 14.7 Å². The molecule has 0 radical (unpaired) electrons. The molecule has 1 aromatic rings. The Bertz CT molecular complexity index is 521. The predicted octanol–water partition coefficient (Wildman–Crippen LogP) is -1.15. The number of carbonyl (C=O) groups is 2. The average Bonchev–Trinajstić information content (AvgIpc) is 2.75. The lowest BCUT2D eigenvalue weighted by molar-refractivity contribution is -0.137. The maximum absolute atomic E-state index is 11.8. The molecular weight excluding hydrogens is 240 g/mol. The van der Waals surface area contributed by atoms with Gasteiger partial charge in [0.25, 0.3) is 5.91 Å². The van der Waals surface area contributed by atoms with Gasteiger partial charge in [0.2, 0.25) is 0 Å². The largest absolute Gasteiger partial charge is 0.480 e. The van der Waals surface area contributed by atoms with Crippen molar-refractivity contribution in [1.29, 1.82) is 10.5 Å². The zero-order chi connectivity index (χ0) is 13.5. The predicted molar refractivity (Wildman–Crippen MR) is 54.8 cm³/mol. The third-order valence-corrected chi connectivity index (χ3v) is 1.87. The van der Waals surface area contributed by atoms with Crippen LogP contribution in [-0.4, -0.2) is 50.0 Å². The van der Waals surface area contributed by atoms with Crippen LogP contribution in [0.25, 0.3) is 0 Å². The van der Waals surface area contributed by atoms with Gasteiger partial charge in [0.1, 0.15) is 19.6 Å². The number of rotatable bonds is 5. The average molecular weight is 248 g/mol. The summed E-state index contributed by atoms with van der Waals surface area (Å²) < 4.78 is 0.979. The summed E-state index contributed by atoms with van der Waals surface area (Å²) in [5.41, 5.74) is -0.109. The van der Waals surface area contributed by atoms with E-state index in [2.05, 4.69) is 10.3 Å². The van der Waals surface area contributed by atoms with Gasteiger partial charge in [0.15, 0.2) is 5.69 Å². The van der Waals surface area contributed by atoms with Gasteiger partial charge in [-0.2, -0.15) is 10.5 Å². The van der Waals surface area contributed by atoms with Crippen molar-refractivity contribution in [2.45, 2.75) is 6.54 Å². The van der Waals surface area contributed by atoms with Gasteiger partial charge in [-0.3, -0.25) is 9.59 Å². The lowest BCUT2D eigenvalue weighted by atomic mass is 10.3. The highest BCUT2D eigenvalue weighted by Crippen LogP contribution is 2.00. The molecule has 0 saturated carbocycles. The summed E-state index contributed by atoms with van der Waals surface area (Å²) in [5, 5.41) is 32.5. The molecule has 1 aromatic heterocycles. The number of hydrogen-bond acceptors (Lipinski definition) is 6. The minimum absolute atomic E-state index is 0.109. The van der Waals surface area contributed by atoms with Gasteiger partial charge in [0, 0.05) is 0 Å². The first kappa shape index (κ1) is 13.1. The first-order valence-electron chi connectivity index (χ1n) is 4.73. The van der Waals surface area contributed by atoms with Gasteiger partial charge in [-0.15, -0.1) is 5.10 Å². The van der Waals surface area contributed by atoms with Crippen LogP contribution in [0.2, 0.25) is 0 Å². The number of nitrogens with zero attached hydrogens (tertiary/aromatic N) is 6. The first-order chi connectivity index (χ1) is 8.58. The van der Waals surface area contributed by atoms with Crippen LogP contribution in [0.4, 0.5) is 0 Å². The van der Waals surface area contributed by atoms with Crippen molar-refractivity contribution >= 4 is 11.9 Å². The highest BCUT2D eigenvalue weighted by Gasteiger charge is 2.19. The third kappa shape index (κ3) is 3.28. The summed E-state index contributed by atoms with van der Waals surface area (Å²) in [6.45, 7) is -0.923. The van der Waals surface area contributed by atoms with Gasteiger partial charge >= 0.3 is 5.97 Å². The second kappa shape index (κ2) is 5.96. The Balaban J connectivity index is 2.82. The monoisotopic (exact) mass is 248 g/mol. The van der Waals surface area contributed by atoms with Gasteiger partial charge in [-0.1, -0.05) is 5.21 Å². The number of amides is 1. The molecule has 0 spiro atoms. The smallest absolute Gasteiger partial charge is 0.325 e. The summed E-state index contributed by atoms with van der Waals surface area (Å²) in [4.78, 5) is 23.2. The second-order valence-electron chi connectivity index (χ2n) is 3.17. The zero-order valence-electron chi connectivity index (χ0n) is 9.15. The molecule has 9 heteroatoms. The van der Waals surface area contributed by atoms with Crippen LogP contribution in [0.1, 0.15) is 10.5 Å². The van der Waals surface area contributed by atoms with Crippen molar-refractivity contribution in [3.8, 4) is 12.1 Å². The Labute approximate surface area is 101 Å². The molecule has 0 atom stereocenters. The topological polar surface area (TPSA) is 136 Å². The van der Waals surface area contributed by atoms with Crippen LogP contribution < -0.4 is 0 Å². The second-order valence-corrected chi connectivity index (χ2v) is 3.17. The molecule has 0 fully saturated rings. The summed E-state index contributed by atoms with van der Waals surface area (Å²) >= 11 is 0. The van der Waals surface area contributed by atoms with E-state index in [-0.39, 0.29) is 18.8 Å². The lowest BCUT2D eigenvalue weighted by Crippen LogP contribution is -2.32. The van der Waals surface area contributed by atoms with E-state index in [1.807, 2.05) is 0 Å². The zero-order valence-corrected chi connectivity index (χ0v) is 9.15. The molecule has 1 heterocycles. The van der Waals surface area contributed by atoms with Crippen LogP contribution in [0.15, 0.2) is 6.20 Å². The number of aliphatic carboxylic acids is 1. The Kier molecular flexibility index (Phi) is 4.35. The SMILES string of the molecule is N#CCN(CC#N)C(=O)c1cn(CC(=O)O)nn1. The van der Waals surface area contributed by atoms with Gasteiger partial charge < -0.3 is 10.0 Å².